The number of H-pyrrole nitrogens is 1. The van der Waals surface area contributed by atoms with Gasteiger partial charge in [0.15, 0.2) is 0 Å². The molecule has 70 valence electrons. The molecule has 0 atom stereocenters. The molecular weight excluding hydrogens is 172 g/mol. The van der Waals surface area contributed by atoms with E-state index in [4.69, 9.17) is 0 Å². The van der Waals surface area contributed by atoms with Crippen LogP contribution >= 0.6 is 0 Å². The van der Waals surface area contributed by atoms with Crippen molar-refractivity contribution in [3.63, 3.8) is 0 Å². The van der Waals surface area contributed by atoms with Gasteiger partial charge in [-0.3, -0.25) is 5.10 Å². The SMILES string of the molecule is c1cc2c(cc1-c1cn[nH]c1)CCC2. The Kier molecular flexibility index (Phi) is 1.66. The zero-order chi connectivity index (χ0) is 9.38. The van der Waals surface area contributed by atoms with Crippen LogP contribution in [0.5, 0.6) is 0 Å². The Balaban J connectivity index is 2.09. The minimum atomic E-state index is 1.18. The van der Waals surface area contributed by atoms with E-state index in [0.717, 1.165) is 0 Å². The third-order valence-electron chi connectivity index (χ3n) is 2.93. The number of fused-ring (bicyclic) bond motifs is 1. The second kappa shape index (κ2) is 2.98. The van der Waals surface area contributed by atoms with Crippen LogP contribution < -0.4 is 0 Å². The Morgan fingerprint density at radius 3 is 2.86 bits per heavy atom. The van der Waals surface area contributed by atoms with Crippen molar-refractivity contribution in [3.8, 4) is 11.1 Å². The van der Waals surface area contributed by atoms with Crippen molar-refractivity contribution in [2.75, 3.05) is 0 Å². The summed E-state index contributed by atoms with van der Waals surface area (Å²) in [6.45, 7) is 0. The molecule has 1 N–H and O–H groups in total. The average molecular weight is 184 g/mol. The topological polar surface area (TPSA) is 28.7 Å². The maximum absolute atomic E-state index is 3.97. The van der Waals surface area contributed by atoms with Crippen LogP contribution in [-0.4, -0.2) is 10.2 Å². The first-order valence-electron chi connectivity index (χ1n) is 5.04. The van der Waals surface area contributed by atoms with Crippen molar-refractivity contribution >= 4 is 0 Å². The van der Waals surface area contributed by atoms with Crippen LogP contribution in [0.25, 0.3) is 11.1 Å². The Bertz CT molecular complexity index is 443. The zero-order valence-electron chi connectivity index (χ0n) is 7.96. The summed E-state index contributed by atoms with van der Waals surface area (Å²) >= 11 is 0. The Hall–Kier alpha value is -1.57. The molecule has 1 aliphatic carbocycles. The third-order valence-corrected chi connectivity index (χ3v) is 2.93. The maximum Gasteiger partial charge on any atom is 0.0565 e. The van der Waals surface area contributed by atoms with Crippen molar-refractivity contribution in [2.24, 2.45) is 0 Å². The Labute approximate surface area is 83.0 Å². The van der Waals surface area contributed by atoms with Gasteiger partial charge in [-0.15, -0.1) is 0 Å². The number of hydrogen-bond acceptors (Lipinski definition) is 1. The smallest absolute Gasteiger partial charge is 0.0565 e. The minimum Gasteiger partial charge on any atom is -0.285 e. The molecule has 0 fully saturated rings. The van der Waals surface area contributed by atoms with Crippen LogP contribution in [0.4, 0.5) is 0 Å². The quantitative estimate of drug-likeness (QED) is 0.725. The minimum absolute atomic E-state index is 1.18. The van der Waals surface area contributed by atoms with Crippen molar-refractivity contribution in [1.82, 2.24) is 10.2 Å². The number of aromatic nitrogens is 2. The number of hydrogen-bond donors (Lipinski definition) is 1. The normalized spacial score (nSPS) is 14.3. The highest BCUT2D eigenvalue weighted by molar-refractivity contribution is 5.63. The van der Waals surface area contributed by atoms with E-state index in [1.54, 1.807) is 0 Å². The number of aromatic amines is 1. The largest absolute Gasteiger partial charge is 0.285 e. The number of nitrogens with one attached hydrogen (secondary N) is 1. The number of nitrogens with zero attached hydrogens (tertiary/aromatic N) is 1. The molecule has 2 nitrogen and oxygen atoms in total. The first-order valence-corrected chi connectivity index (χ1v) is 5.04. The monoisotopic (exact) mass is 184 g/mol. The standard InChI is InChI=1S/C12H12N2/c1-2-9-4-5-11(6-10(9)3-1)12-7-13-14-8-12/h4-8H,1-3H2,(H,13,14). The highest BCUT2D eigenvalue weighted by atomic mass is 15.1. The van der Waals surface area contributed by atoms with Crippen LogP contribution in [0.1, 0.15) is 17.5 Å². The fourth-order valence-electron chi connectivity index (χ4n) is 2.16. The van der Waals surface area contributed by atoms with Gasteiger partial charge in [-0.25, -0.2) is 0 Å². The lowest BCUT2D eigenvalue weighted by atomic mass is 10.0. The van der Waals surface area contributed by atoms with Crippen LogP contribution in [0.15, 0.2) is 30.6 Å². The van der Waals surface area contributed by atoms with Gasteiger partial charge in [0.1, 0.15) is 0 Å². The number of aryl methyl sites for hydroxylation is 2. The molecule has 1 aliphatic rings. The van der Waals surface area contributed by atoms with E-state index in [1.807, 2.05) is 12.4 Å². The summed E-state index contributed by atoms with van der Waals surface area (Å²) in [6.07, 6.45) is 7.61. The second-order valence-electron chi connectivity index (χ2n) is 3.82. The van der Waals surface area contributed by atoms with Crippen molar-refractivity contribution in [2.45, 2.75) is 19.3 Å². The lowest BCUT2D eigenvalue weighted by Gasteiger charge is -2.01. The zero-order valence-corrected chi connectivity index (χ0v) is 7.96. The molecule has 3 rings (SSSR count). The van der Waals surface area contributed by atoms with Gasteiger partial charge in [-0.1, -0.05) is 18.2 Å². The molecule has 0 aliphatic heterocycles. The summed E-state index contributed by atoms with van der Waals surface area (Å²) < 4.78 is 0. The van der Waals surface area contributed by atoms with E-state index in [9.17, 15) is 0 Å². The van der Waals surface area contributed by atoms with E-state index < -0.39 is 0 Å². The summed E-state index contributed by atoms with van der Waals surface area (Å²) in [7, 11) is 0. The fourth-order valence-corrected chi connectivity index (χ4v) is 2.16. The van der Waals surface area contributed by atoms with Crippen LogP contribution in [-0.2, 0) is 12.8 Å². The van der Waals surface area contributed by atoms with E-state index in [0.29, 0.717) is 0 Å². The summed E-state index contributed by atoms with van der Waals surface area (Å²) in [6, 6.07) is 6.74. The highest BCUT2D eigenvalue weighted by Gasteiger charge is 2.11. The van der Waals surface area contributed by atoms with Gasteiger partial charge in [0, 0.05) is 11.8 Å². The van der Waals surface area contributed by atoms with Gasteiger partial charge < -0.3 is 0 Å². The van der Waals surface area contributed by atoms with E-state index in [1.165, 1.54) is 41.5 Å². The van der Waals surface area contributed by atoms with Crippen molar-refractivity contribution < 1.29 is 0 Å². The average Bonchev–Trinajstić information content (AvgIpc) is 2.88. The molecule has 14 heavy (non-hydrogen) atoms. The summed E-state index contributed by atoms with van der Waals surface area (Å²) in [5, 5.41) is 6.81. The van der Waals surface area contributed by atoms with Gasteiger partial charge in [-0.05, 0) is 36.0 Å². The van der Waals surface area contributed by atoms with Gasteiger partial charge >= 0.3 is 0 Å². The van der Waals surface area contributed by atoms with Crippen LogP contribution in [0.3, 0.4) is 0 Å². The Morgan fingerprint density at radius 2 is 2.00 bits per heavy atom. The molecule has 0 amide bonds. The second-order valence-corrected chi connectivity index (χ2v) is 3.82. The fraction of sp³-hybridized carbons (Fsp3) is 0.250. The molecule has 0 bridgehead atoms. The predicted octanol–water partition coefficient (Wildman–Crippen LogP) is 2.57. The van der Waals surface area contributed by atoms with Crippen LogP contribution in [0, 0.1) is 0 Å². The van der Waals surface area contributed by atoms with Gasteiger partial charge in [0.25, 0.3) is 0 Å². The molecular formula is C12H12N2. The molecule has 0 radical (unpaired) electrons. The Morgan fingerprint density at radius 1 is 1.07 bits per heavy atom. The van der Waals surface area contributed by atoms with Gasteiger partial charge in [0.05, 0.1) is 6.20 Å². The van der Waals surface area contributed by atoms with E-state index >= 15 is 0 Å². The van der Waals surface area contributed by atoms with E-state index in [2.05, 4.69) is 28.4 Å². The number of rotatable bonds is 1. The van der Waals surface area contributed by atoms with Crippen LogP contribution in [0.2, 0.25) is 0 Å². The highest BCUT2D eigenvalue weighted by Crippen LogP contribution is 2.27. The lowest BCUT2D eigenvalue weighted by molar-refractivity contribution is 0.912. The predicted molar refractivity (Wildman–Crippen MR) is 56.0 cm³/mol. The first-order chi connectivity index (χ1) is 6.93. The molecule has 2 heteroatoms. The number of benzene rings is 1. The molecule has 0 saturated heterocycles. The molecule has 1 aromatic heterocycles. The molecule has 1 heterocycles. The summed E-state index contributed by atoms with van der Waals surface area (Å²) in [5.41, 5.74) is 5.50. The molecule has 0 unspecified atom stereocenters. The first kappa shape index (κ1) is 7.80. The molecule has 0 spiro atoms. The van der Waals surface area contributed by atoms with Crippen molar-refractivity contribution in [1.29, 1.82) is 0 Å². The van der Waals surface area contributed by atoms with Crippen molar-refractivity contribution in [3.05, 3.63) is 41.7 Å². The molecule has 1 aromatic carbocycles. The molecule has 2 aromatic rings. The van der Waals surface area contributed by atoms with Gasteiger partial charge in [-0.2, -0.15) is 5.10 Å². The van der Waals surface area contributed by atoms with E-state index in [-0.39, 0.29) is 0 Å². The molecule has 0 saturated carbocycles. The van der Waals surface area contributed by atoms with Gasteiger partial charge in [0.2, 0.25) is 0 Å². The maximum atomic E-state index is 3.97. The summed E-state index contributed by atoms with van der Waals surface area (Å²) in [4.78, 5) is 0. The summed E-state index contributed by atoms with van der Waals surface area (Å²) in [5.74, 6) is 0. The lowest BCUT2D eigenvalue weighted by Crippen LogP contribution is -1.83. The third kappa shape index (κ3) is 1.15.